The fourth-order valence-corrected chi connectivity index (χ4v) is 4.11. The van der Waals surface area contributed by atoms with Crippen molar-refractivity contribution in [3.8, 4) is 0 Å². The van der Waals surface area contributed by atoms with Crippen molar-refractivity contribution in [2.75, 3.05) is 5.32 Å². The number of rotatable bonds is 4. The van der Waals surface area contributed by atoms with Crippen LogP contribution in [0.3, 0.4) is 0 Å². The minimum atomic E-state index is -0.304. The molecule has 0 spiro atoms. The normalized spacial score (nSPS) is 10.9. The highest BCUT2D eigenvalue weighted by Gasteiger charge is 2.19. The Kier molecular flexibility index (Phi) is 4.56. The Morgan fingerprint density at radius 1 is 1.07 bits per heavy atom. The van der Waals surface area contributed by atoms with Gasteiger partial charge in [0, 0.05) is 12.1 Å². The molecule has 4 aromatic rings. The summed E-state index contributed by atoms with van der Waals surface area (Å²) in [7, 11) is 0. The summed E-state index contributed by atoms with van der Waals surface area (Å²) in [6, 6.07) is 19.1. The fourth-order valence-electron chi connectivity index (χ4n) is 3.00. The molecule has 2 aromatic carbocycles. The van der Waals surface area contributed by atoms with E-state index in [4.69, 9.17) is 0 Å². The number of hydrogen-bond acceptors (Lipinski definition) is 4. The standard InChI is InChI=1S/C21H17N3O2S/c1-13-17-19(25)23-16(12-14-8-4-2-5-9-14)24-21(17)27-18(13)20(26)22-15-10-6-3-7-11-15/h2-11H,12H2,1H3,(H,22,26)(H,23,24,25). The summed E-state index contributed by atoms with van der Waals surface area (Å²) in [6.07, 6.45) is 0.536. The van der Waals surface area contributed by atoms with Crippen molar-refractivity contribution in [2.45, 2.75) is 13.3 Å². The van der Waals surface area contributed by atoms with Gasteiger partial charge in [-0.15, -0.1) is 11.3 Å². The first kappa shape index (κ1) is 17.2. The Morgan fingerprint density at radius 3 is 2.44 bits per heavy atom. The number of aromatic amines is 1. The third kappa shape index (κ3) is 3.52. The van der Waals surface area contributed by atoms with Crippen LogP contribution in [0.4, 0.5) is 5.69 Å². The molecule has 27 heavy (non-hydrogen) atoms. The molecular weight excluding hydrogens is 358 g/mol. The Bertz CT molecular complexity index is 1160. The first-order valence-corrected chi connectivity index (χ1v) is 9.36. The molecule has 6 heteroatoms. The summed E-state index contributed by atoms with van der Waals surface area (Å²) in [5.74, 6) is 0.368. The van der Waals surface area contributed by atoms with Crippen LogP contribution < -0.4 is 10.9 Å². The lowest BCUT2D eigenvalue weighted by molar-refractivity contribution is 0.103. The summed E-state index contributed by atoms with van der Waals surface area (Å²) in [6.45, 7) is 1.78. The van der Waals surface area contributed by atoms with Gasteiger partial charge in [0.25, 0.3) is 11.5 Å². The van der Waals surface area contributed by atoms with Crippen LogP contribution in [-0.4, -0.2) is 15.9 Å². The highest BCUT2D eigenvalue weighted by molar-refractivity contribution is 7.20. The van der Waals surface area contributed by atoms with E-state index in [-0.39, 0.29) is 11.5 Å². The van der Waals surface area contributed by atoms with Crippen LogP contribution >= 0.6 is 11.3 Å². The number of para-hydroxylation sites is 1. The second kappa shape index (κ2) is 7.17. The predicted molar refractivity (Wildman–Crippen MR) is 109 cm³/mol. The first-order chi connectivity index (χ1) is 13.1. The average Bonchev–Trinajstić information content (AvgIpc) is 3.00. The number of thiophene rings is 1. The van der Waals surface area contributed by atoms with Gasteiger partial charge in [0.05, 0.1) is 10.3 Å². The minimum absolute atomic E-state index is 0.225. The molecule has 5 nitrogen and oxygen atoms in total. The number of benzene rings is 2. The summed E-state index contributed by atoms with van der Waals surface area (Å²) >= 11 is 1.28. The van der Waals surface area contributed by atoms with Gasteiger partial charge in [-0.1, -0.05) is 48.5 Å². The smallest absolute Gasteiger partial charge is 0.281 e. The van der Waals surface area contributed by atoms with Crippen LogP contribution in [0, 0.1) is 6.92 Å². The van der Waals surface area contributed by atoms with Crippen LogP contribution in [0.5, 0.6) is 0 Å². The van der Waals surface area contributed by atoms with Gasteiger partial charge in [0.1, 0.15) is 10.7 Å². The molecule has 2 N–H and O–H groups in total. The molecule has 2 heterocycles. The fraction of sp³-hybridized carbons (Fsp3) is 0.0952. The van der Waals surface area contributed by atoms with E-state index in [1.807, 2.05) is 60.7 Å². The van der Waals surface area contributed by atoms with Gasteiger partial charge in [-0.05, 0) is 30.2 Å². The Balaban J connectivity index is 1.69. The van der Waals surface area contributed by atoms with E-state index in [1.54, 1.807) is 6.92 Å². The number of carbonyl (C=O) groups is 1. The molecule has 0 unspecified atom stereocenters. The number of amides is 1. The SMILES string of the molecule is Cc1c(C(=O)Nc2ccccc2)sc2[nH]c(Cc3ccccc3)nc(=O)c12. The number of H-pyrrole nitrogens is 1. The van der Waals surface area contributed by atoms with Gasteiger partial charge in [-0.3, -0.25) is 9.59 Å². The summed E-state index contributed by atoms with van der Waals surface area (Å²) in [4.78, 5) is 33.8. The van der Waals surface area contributed by atoms with Crippen molar-refractivity contribution < 1.29 is 4.79 Å². The highest BCUT2D eigenvalue weighted by Crippen LogP contribution is 2.28. The number of anilines is 1. The molecule has 0 fully saturated rings. The molecule has 0 aliphatic carbocycles. The third-order valence-corrected chi connectivity index (χ3v) is 5.51. The molecule has 0 aliphatic rings. The molecule has 134 valence electrons. The zero-order chi connectivity index (χ0) is 18.8. The maximum absolute atomic E-state index is 12.7. The molecule has 1 amide bonds. The van der Waals surface area contributed by atoms with Crippen LogP contribution in [0.15, 0.2) is 65.5 Å². The van der Waals surface area contributed by atoms with Crippen molar-refractivity contribution in [1.29, 1.82) is 0 Å². The first-order valence-electron chi connectivity index (χ1n) is 8.54. The van der Waals surface area contributed by atoms with Gasteiger partial charge < -0.3 is 10.3 Å². The van der Waals surface area contributed by atoms with Crippen LogP contribution in [0.25, 0.3) is 10.2 Å². The molecule has 0 bridgehead atoms. The van der Waals surface area contributed by atoms with Gasteiger partial charge in [0.15, 0.2) is 0 Å². The maximum atomic E-state index is 12.7. The lowest BCUT2D eigenvalue weighted by Crippen LogP contribution is -2.13. The Labute approximate surface area is 159 Å². The van der Waals surface area contributed by atoms with Gasteiger partial charge >= 0.3 is 0 Å². The van der Waals surface area contributed by atoms with E-state index in [2.05, 4.69) is 15.3 Å². The number of aryl methyl sites for hydroxylation is 1. The van der Waals surface area contributed by atoms with E-state index >= 15 is 0 Å². The Morgan fingerprint density at radius 2 is 1.74 bits per heavy atom. The molecule has 0 saturated heterocycles. The van der Waals surface area contributed by atoms with Crippen molar-refractivity contribution in [3.63, 3.8) is 0 Å². The number of aromatic nitrogens is 2. The monoisotopic (exact) mass is 375 g/mol. The quantitative estimate of drug-likeness (QED) is 0.563. The molecule has 0 saturated carbocycles. The molecule has 0 radical (unpaired) electrons. The van der Waals surface area contributed by atoms with Crippen molar-refractivity contribution in [1.82, 2.24) is 9.97 Å². The summed E-state index contributed by atoms with van der Waals surface area (Å²) in [5.41, 5.74) is 2.13. The van der Waals surface area contributed by atoms with E-state index in [1.165, 1.54) is 11.3 Å². The minimum Gasteiger partial charge on any atom is -0.334 e. The van der Waals surface area contributed by atoms with E-state index in [0.717, 1.165) is 5.56 Å². The second-order valence-electron chi connectivity index (χ2n) is 6.23. The van der Waals surface area contributed by atoms with Gasteiger partial charge in [-0.2, -0.15) is 4.98 Å². The second-order valence-corrected chi connectivity index (χ2v) is 7.25. The average molecular weight is 375 g/mol. The van der Waals surface area contributed by atoms with Gasteiger partial charge in [0.2, 0.25) is 0 Å². The molecule has 0 aliphatic heterocycles. The largest absolute Gasteiger partial charge is 0.334 e. The topological polar surface area (TPSA) is 74.8 Å². The van der Waals surface area contributed by atoms with Crippen LogP contribution in [0.2, 0.25) is 0 Å². The zero-order valence-electron chi connectivity index (χ0n) is 14.7. The number of fused-ring (bicyclic) bond motifs is 1. The van der Waals surface area contributed by atoms with Crippen molar-refractivity contribution >= 4 is 33.1 Å². The van der Waals surface area contributed by atoms with Crippen LogP contribution in [0.1, 0.15) is 26.6 Å². The highest BCUT2D eigenvalue weighted by atomic mass is 32.1. The zero-order valence-corrected chi connectivity index (χ0v) is 15.5. The lowest BCUT2D eigenvalue weighted by atomic mass is 10.1. The molecule has 0 atom stereocenters. The molecular formula is C21H17N3O2S. The van der Waals surface area contributed by atoms with Crippen LogP contribution in [-0.2, 0) is 6.42 Å². The van der Waals surface area contributed by atoms with Crippen molar-refractivity contribution in [3.05, 3.63) is 92.8 Å². The molecule has 4 rings (SSSR count). The van der Waals surface area contributed by atoms with E-state index in [0.29, 0.717) is 38.6 Å². The number of nitrogens with zero attached hydrogens (tertiary/aromatic N) is 1. The lowest BCUT2D eigenvalue weighted by Gasteiger charge is -2.03. The maximum Gasteiger partial charge on any atom is 0.281 e. The number of carbonyl (C=O) groups excluding carboxylic acids is 1. The summed E-state index contributed by atoms with van der Waals surface area (Å²) in [5, 5.41) is 3.35. The van der Waals surface area contributed by atoms with Gasteiger partial charge in [-0.25, -0.2) is 0 Å². The third-order valence-electron chi connectivity index (χ3n) is 4.31. The molecule has 2 aromatic heterocycles. The summed E-state index contributed by atoms with van der Waals surface area (Å²) < 4.78 is 0. The van der Waals surface area contributed by atoms with E-state index in [9.17, 15) is 9.59 Å². The number of hydrogen-bond donors (Lipinski definition) is 2. The Hall–Kier alpha value is -3.25. The predicted octanol–water partition coefficient (Wildman–Crippen LogP) is 4.14. The van der Waals surface area contributed by atoms with Crippen molar-refractivity contribution in [2.24, 2.45) is 0 Å². The van der Waals surface area contributed by atoms with E-state index < -0.39 is 0 Å². The number of nitrogens with one attached hydrogen (secondary N) is 2.